The minimum atomic E-state index is -2.99. The summed E-state index contributed by atoms with van der Waals surface area (Å²) in [7, 11) is -1.09. The van der Waals surface area contributed by atoms with Gasteiger partial charge in [-0.05, 0) is 31.0 Å². The van der Waals surface area contributed by atoms with E-state index >= 15 is 0 Å². The largest absolute Gasteiger partial charge is 0.330 e. The molecule has 6 heteroatoms. The van der Waals surface area contributed by atoms with E-state index in [9.17, 15) is 8.42 Å². The molecule has 0 amide bonds. The highest BCUT2D eigenvalue weighted by Crippen LogP contribution is 2.21. The molecule has 0 aliphatic rings. The van der Waals surface area contributed by atoms with Gasteiger partial charge in [-0.15, -0.1) is 0 Å². The standard InChI is InChI=1S/C13H19N3O2S/c1-9-4-5-12-11(8-9)15-13(16(12)2)10(14)6-7-19(3,17)18/h4-5,8,10H,6-7,14H2,1-3H3. The number of hydrogen-bond acceptors (Lipinski definition) is 4. The van der Waals surface area contributed by atoms with Gasteiger partial charge >= 0.3 is 0 Å². The summed E-state index contributed by atoms with van der Waals surface area (Å²) in [6, 6.07) is 5.66. The van der Waals surface area contributed by atoms with Gasteiger partial charge in [-0.25, -0.2) is 13.4 Å². The Morgan fingerprint density at radius 3 is 2.74 bits per heavy atom. The Morgan fingerprint density at radius 2 is 2.11 bits per heavy atom. The monoisotopic (exact) mass is 281 g/mol. The van der Waals surface area contributed by atoms with Crippen LogP contribution in [0.2, 0.25) is 0 Å². The fourth-order valence-electron chi connectivity index (χ4n) is 2.13. The fourth-order valence-corrected chi connectivity index (χ4v) is 2.81. The molecule has 19 heavy (non-hydrogen) atoms. The van der Waals surface area contributed by atoms with Gasteiger partial charge < -0.3 is 10.3 Å². The number of rotatable bonds is 4. The summed E-state index contributed by atoms with van der Waals surface area (Å²) >= 11 is 0. The second-order valence-electron chi connectivity index (χ2n) is 5.05. The normalized spacial score (nSPS) is 13.9. The number of aromatic nitrogens is 2. The van der Waals surface area contributed by atoms with Crippen LogP contribution in [0.5, 0.6) is 0 Å². The minimum absolute atomic E-state index is 0.0798. The third-order valence-electron chi connectivity index (χ3n) is 3.20. The summed E-state index contributed by atoms with van der Waals surface area (Å²) in [4.78, 5) is 4.52. The molecule has 1 aromatic carbocycles. The number of nitrogens with zero attached hydrogens (tertiary/aromatic N) is 2. The fraction of sp³-hybridized carbons (Fsp3) is 0.462. The maximum absolute atomic E-state index is 11.2. The van der Waals surface area contributed by atoms with Crippen LogP contribution in [0.1, 0.15) is 23.9 Å². The molecule has 1 aromatic heterocycles. The predicted octanol–water partition coefficient (Wildman–Crippen LogP) is 1.32. The number of benzene rings is 1. The van der Waals surface area contributed by atoms with Crippen molar-refractivity contribution in [2.45, 2.75) is 19.4 Å². The number of aryl methyl sites for hydroxylation is 2. The summed E-state index contributed by atoms with van der Waals surface area (Å²) in [5, 5.41) is 0. The zero-order chi connectivity index (χ0) is 14.2. The molecule has 0 spiro atoms. The van der Waals surface area contributed by atoms with Gasteiger partial charge in [0.15, 0.2) is 0 Å². The first-order chi connectivity index (χ1) is 8.78. The molecule has 1 atom stereocenters. The zero-order valence-electron chi connectivity index (χ0n) is 11.4. The van der Waals surface area contributed by atoms with E-state index in [1.165, 1.54) is 6.26 Å². The van der Waals surface area contributed by atoms with Crippen molar-refractivity contribution < 1.29 is 8.42 Å². The first-order valence-corrected chi connectivity index (χ1v) is 8.20. The molecule has 0 saturated carbocycles. The highest BCUT2D eigenvalue weighted by Gasteiger charge is 2.16. The van der Waals surface area contributed by atoms with Crippen molar-refractivity contribution in [2.75, 3.05) is 12.0 Å². The van der Waals surface area contributed by atoms with Gasteiger partial charge in [-0.3, -0.25) is 0 Å². The van der Waals surface area contributed by atoms with Crippen LogP contribution in [0.15, 0.2) is 18.2 Å². The molecule has 104 valence electrons. The molecule has 0 aliphatic heterocycles. The lowest BCUT2D eigenvalue weighted by atomic mass is 10.2. The molecule has 0 aliphatic carbocycles. The number of nitrogens with two attached hydrogens (primary N) is 1. The van der Waals surface area contributed by atoms with E-state index < -0.39 is 9.84 Å². The number of sulfone groups is 1. The van der Waals surface area contributed by atoms with Gasteiger partial charge in [0.1, 0.15) is 15.7 Å². The van der Waals surface area contributed by atoms with Crippen LogP contribution in [-0.2, 0) is 16.9 Å². The summed E-state index contributed by atoms with van der Waals surface area (Å²) in [5.41, 5.74) is 9.10. The molecule has 0 saturated heterocycles. The van der Waals surface area contributed by atoms with Crippen molar-refractivity contribution in [3.8, 4) is 0 Å². The molecular formula is C13H19N3O2S. The van der Waals surface area contributed by atoms with Crippen LogP contribution < -0.4 is 5.73 Å². The first-order valence-electron chi connectivity index (χ1n) is 6.14. The average molecular weight is 281 g/mol. The van der Waals surface area contributed by atoms with Crippen LogP contribution in [0.4, 0.5) is 0 Å². The maximum Gasteiger partial charge on any atom is 0.147 e. The zero-order valence-corrected chi connectivity index (χ0v) is 12.2. The Bertz CT molecular complexity index is 704. The lowest BCUT2D eigenvalue weighted by molar-refractivity contribution is 0.581. The van der Waals surface area contributed by atoms with Crippen LogP contribution in [0, 0.1) is 6.92 Å². The lowest BCUT2D eigenvalue weighted by Gasteiger charge is -2.10. The Labute approximate surface area is 113 Å². The van der Waals surface area contributed by atoms with Crippen molar-refractivity contribution in [1.29, 1.82) is 0 Å². The molecule has 1 unspecified atom stereocenters. The topological polar surface area (TPSA) is 78.0 Å². The van der Waals surface area contributed by atoms with E-state index in [0.29, 0.717) is 6.42 Å². The lowest BCUT2D eigenvalue weighted by Crippen LogP contribution is -2.19. The molecule has 2 rings (SSSR count). The quantitative estimate of drug-likeness (QED) is 0.916. The smallest absolute Gasteiger partial charge is 0.147 e. The van der Waals surface area contributed by atoms with E-state index in [0.717, 1.165) is 22.4 Å². The molecule has 2 aromatic rings. The predicted molar refractivity (Wildman–Crippen MR) is 76.7 cm³/mol. The van der Waals surface area contributed by atoms with Crippen molar-refractivity contribution in [3.05, 3.63) is 29.6 Å². The SMILES string of the molecule is Cc1ccc2c(c1)nc(C(N)CCS(C)(=O)=O)n2C. The van der Waals surface area contributed by atoms with Gasteiger partial charge in [0, 0.05) is 13.3 Å². The minimum Gasteiger partial charge on any atom is -0.330 e. The summed E-state index contributed by atoms with van der Waals surface area (Å²) in [5.74, 6) is 0.806. The Hall–Kier alpha value is -1.40. The van der Waals surface area contributed by atoms with Crippen molar-refractivity contribution in [1.82, 2.24) is 9.55 Å². The second-order valence-corrected chi connectivity index (χ2v) is 7.31. The van der Waals surface area contributed by atoms with Gasteiger partial charge in [-0.1, -0.05) is 6.07 Å². The molecule has 0 bridgehead atoms. The summed E-state index contributed by atoms with van der Waals surface area (Å²) < 4.78 is 24.3. The van der Waals surface area contributed by atoms with Crippen LogP contribution in [0.25, 0.3) is 11.0 Å². The Morgan fingerprint density at radius 1 is 1.42 bits per heavy atom. The van der Waals surface area contributed by atoms with Crippen molar-refractivity contribution in [2.24, 2.45) is 12.8 Å². The molecule has 1 heterocycles. The van der Waals surface area contributed by atoms with Crippen LogP contribution in [-0.4, -0.2) is 30.0 Å². The highest BCUT2D eigenvalue weighted by molar-refractivity contribution is 7.90. The number of hydrogen-bond donors (Lipinski definition) is 1. The Kier molecular flexibility index (Phi) is 3.64. The molecular weight excluding hydrogens is 262 g/mol. The Balaban J connectivity index is 2.32. The number of fused-ring (bicyclic) bond motifs is 1. The molecule has 0 fully saturated rings. The molecule has 5 nitrogen and oxygen atoms in total. The number of imidazole rings is 1. The van der Waals surface area contributed by atoms with Gasteiger partial charge in [0.25, 0.3) is 0 Å². The van der Waals surface area contributed by atoms with E-state index in [2.05, 4.69) is 4.98 Å². The van der Waals surface area contributed by atoms with Crippen molar-refractivity contribution in [3.63, 3.8) is 0 Å². The van der Waals surface area contributed by atoms with E-state index in [4.69, 9.17) is 5.73 Å². The summed E-state index contributed by atoms with van der Waals surface area (Å²) in [6.45, 7) is 2.01. The average Bonchev–Trinajstić information content (AvgIpc) is 2.62. The van der Waals surface area contributed by atoms with Gasteiger partial charge in [0.05, 0.1) is 22.8 Å². The van der Waals surface area contributed by atoms with Crippen LogP contribution in [0.3, 0.4) is 0 Å². The highest BCUT2D eigenvalue weighted by atomic mass is 32.2. The van der Waals surface area contributed by atoms with Gasteiger partial charge in [0.2, 0.25) is 0 Å². The first kappa shape index (κ1) is 14.0. The maximum atomic E-state index is 11.2. The van der Waals surface area contributed by atoms with E-state index in [-0.39, 0.29) is 11.8 Å². The van der Waals surface area contributed by atoms with E-state index in [1.807, 2.05) is 36.7 Å². The third kappa shape index (κ3) is 3.13. The van der Waals surface area contributed by atoms with Crippen molar-refractivity contribution >= 4 is 20.9 Å². The third-order valence-corrected chi connectivity index (χ3v) is 4.18. The van der Waals surface area contributed by atoms with Crippen LogP contribution >= 0.6 is 0 Å². The summed E-state index contributed by atoms with van der Waals surface area (Å²) in [6.07, 6.45) is 1.60. The second kappa shape index (κ2) is 4.94. The molecule has 0 radical (unpaired) electrons. The van der Waals surface area contributed by atoms with Gasteiger partial charge in [-0.2, -0.15) is 0 Å². The van der Waals surface area contributed by atoms with E-state index in [1.54, 1.807) is 0 Å². The molecule has 2 N–H and O–H groups in total.